The molecule has 7 heteroatoms. The SMILES string of the molecule is C[C@H](NC(=O)CN1C(=O)CC2(CCCCC2)C1=O)c1ccc2c(c1)OCCO2. The third kappa shape index (κ3) is 3.45. The molecular formula is C21H26N2O5. The molecule has 0 aromatic heterocycles. The molecule has 1 N–H and O–H groups in total. The number of imide groups is 1. The Morgan fingerprint density at radius 3 is 2.61 bits per heavy atom. The van der Waals surface area contributed by atoms with Gasteiger partial charge in [-0.2, -0.15) is 0 Å². The van der Waals surface area contributed by atoms with E-state index in [1.165, 1.54) is 0 Å². The molecule has 1 spiro atoms. The van der Waals surface area contributed by atoms with Crippen molar-refractivity contribution in [3.8, 4) is 11.5 Å². The normalized spacial score (nSPS) is 21.7. The highest BCUT2D eigenvalue weighted by Crippen LogP contribution is 2.45. The molecule has 1 aromatic carbocycles. The summed E-state index contributed by atoms with van der Waals surface area (Å²) in [6, 6.07) is 5.27. The standard InChI is InChI=1S/C21H26N2O5/c1-14(15-5-6-16-17(11-15)28-10-9-27-16)22-18(24)13-23-19(25)12-21(20(23)26)7-3-2-4-8-21/h5-6,11,14H,2-4,7-10,12-13H2,1H3,(H,22,24)/t14-/m0/s1. The van der Waals surface area contributed by atoms with Crippen LogP contribution < -0.4 is 14.8 Å². The first-order chi connectivity index (χ1) is 13.5. The summed E-state index contributed by atoms with van der Waals surface area (Å²) in [6.45, 7) is 2.67. The van der Waals surface area contributed by atoms with Gasteiger partial charge in [-0.05, 0) is 37.5 Å². The molecule has 150 valence electrons. The second-order valence-electron chi connectivity index (χ2n) is 8.00. The van der Waals surface area contributed by atoms with E-state index >= 15 is 0 Å². The highest BCUT2D eigenvalue weighted by atomic mass is 16.6. The van der Waals surface area contributed by atoms with Gasteiger partial charge in [0.15, 0.2) is 11.5 Å². The molecule has 2 heterocycles. The minimum atomic E-state index is -0.558. The quantitative estimate of drug-likeness (QED) is 0.803. The fraction of sp³-hybridized carbons (Fsp3) is 0.571. The zero-order valence-corrected chi connectivity index (χ0v) is 16.2. The summed E-state index contributed by atoms with van der Waals surface area (Å²) in [5, 5.41) is 2.88. The number of nitrogens with zero attached hydrogens (tertiary/aromatic N) is 1. The highest BCUT2D eigenvalue weighted by molar-refractivity contribution is 6.08. The van der Waals surface area contributed by atoms with E-state index in [1.807, 2.05) is 25.1 Å². The molecule has 3 aliphatic rings. The van der Waals surface area contributed by atoms with Crippen LogP contribution in [0.4, 0.5) is 0 Å². The van der Waals surface area contributed by atoms with Gasteiger partial charge < -0.3 is 14.8 Å². The number of fused-ring (bicyclic) bond motifs is 1. The van der Waals surface area contributed by atoms with Crippen molar-refractivity contribution in [2.75, 3.05) is 19.8 Å². The van der Waals surface area contributed by atoms with Crippen molar-refractivity contribution in [3.05, 3.63) is 23.8 Å². The zero-order valence-electron chi connectivity index (χ0n) is 16.2. The third-order valence-corrected chi connectivity index (χ3v) is 6.05. The van der Waals surface area contributed by atoms with Gasteiger partial charge in [-0.15, -0.1) is 0 Å². The summed E-state index contributed by atoms with van der Waals surface area (Å²) in [7, 11) is 0. The summed E-state index contributed by atoms with van der Waals surface area (Å²) in [5.41, 5.74) is 0.317. The monoisotopic (exact) mass is 386 g/mol. The Morgan fingerprint density at radius 2 is 1.86 bits per heavy atom. The van der Waals surface area contributed by atoms with E-state index in [2.05, 4.69) is 5.32 Å². The number of ether oxygens (including phenoxy) is 2. The third-order valence-electron chi connectivity index (χ3n) is 6.05. The Morgan fingerprint density at radius 1 is 1.14 bits per heavy atom. The van der Waals surface area contributed by atoms with Crippen LogP contribution in [-0.2, 0) is 14.4 Å². The topological polar surface area (TPSA) is 84.9 Å². The molecule has 1 saturated heterocycles. The van der Waals surface area contributed by atoms with Crippen molar-refractivity contribution < 1.29 is 23.9 Å². The molecule has 28 heavy (non-hydrogen) atoms. The first kappa shape index (κ1) is 18.8. The number of hydrogen-bond acceptors (Lipinski definition) is 5. The van der Waals surface area contributed by atoms with E-state index in [4.69, 9.17) is 9.47 Å². The van der Waals surface area contributed by atoms with Crippen LogP contribution in [-0.4, -0.2) is 42.4 Å². The lowest BCUT2D eigenvalue weighted by molar-refractivity contribution is -0.145. The van der Waals surface area contributed by atoms with Gasteiger partial charge in [0.1, 0.15) is 19.8 Å². The maximum Gasteiger partial charge on any atom is 0.240 e. The van der Waals surface area contributed by atoms with Crippen molar-refractivity contribution in [2.45, 2.75) is 51.5 Å². The molecule has 1 aromatic rings. The molecule has 2 fully saturated rings. The number of nitrogens with one attached hydrogen (secondary N) is 1. The van der Waals surface area contributed by atoms with Crippen LogP contribution in [0.1, 0.15) is 57.1 Å². The molecule has 1 atom stereocenters. The van der Waals surface area contributed by atoms with E-state index in [0.717, 1.165) is 42.6 Å². The van der Waals surface area contributed by atoms with Gasteiger partial charge in [-0.1, -0.05) is 25.3 Å². The molecule has 7 nitrogen and oxygen atoms in total. The van der Waals surface area contributed by atoms with E-state index in [0.29, 0.717) is 24.7 Å². The minimum Gasteiger partial charge on any atom is -0.486 e. The van der Waals surface area contributed by atoms with E-state index in [-0.39, 0.29) is 36.7 Å². The largest absolute Gasteiger partial charge is 0.486 e. The average Bonchev–Trinajstić information content (AvgIpc) is 2.92. The smallest absolute Gasteiger partial charge is 0.240 e. The molecule has 3 amide bonds. The first-order valence-corrected chi connectivity index (χ1v) is 10.0. The van der Waals surface area contributed by atoms with Crippen LogP contribution in [0, 0.1) is 5.41 Å². The summed E-state index contributed by atoms with van der Waals surface area (Å²) in [4.78, 5) is 38.9. The molecule has 1 saturated carbocycles. The average molecular weight is 386 g/mol. The number of carbonyl (C=O) groups excluding carboxylic acids is 3. The first-order valence-electron chi connectivity index (χ1n) is 10.0. The predicted molar refractivity (Wildman–Crippen MR) is 101 cm³/mol. The number of likely N-dealkylation sites (tertiary alicyclic amines) is 1. The van der Waals surface area contributed by atoms with Crippen molar-refractivity contribution >= 4 is 17.7 Å². The van der Waals surface area contributed by atoms with Crippen molar-refractivity contribution in [3.63, 3.8) is 0 Å². The van der Waals surface area contributed by atoms with Crippen molar-refractivity contribution in [1.82, 2.24) is 10.2 Å². The summed E-state index contributed by atoms with van der Waals surface area (Å²) >= 11 is 0. The van der Waals surface area contributed by atoms with Gasteiger partial charge in [-0.25, -0.2) is 0 Å². The van der Waals surface area contributed by atoms with Crippen LogP contribution >= 0.6 is 0 Å². The van der Waals surface area contributed by atoms with Gasteiger partial charge in [0.2, 0.25) is 17.7 Å². The molecule has 0 unspecified atom stereocenters. The maximum atomic E-state index is 12.8. The Labute approximate surface area is 164 Å². The second-order valence-corrected chi connectivity index (χ2v) is 8.00. The lowest BCUT2D eigenvalue weighted by Gasteiger charge is -2.30. The van der Waals surface area contributed by atoms with Crippen LogP contribution in [0.25, 0.3) is 0 Å². The van der Waals surface area contributed by atoms with Gasteiger partial charge in [-0.3, -0.25) is 19.3 Å². The van der Waals surface area contributed by atoms with E-state index < -0.39 is 5.41 Å². The van der Waals surface area contributed by atoms with Crippen molar-refractivity contribution in [1.29, 1.82) is 0 Å². The van der Waals surface area contributed by atoms with Crippen LogP contribution in [0.2, 0.25) is 0 Å². The Kier molecular flexibility index (Phi) is 5.00. The second kappa shape index (κ2) is 7.45. The fourth-order valence-corrected chi connectivity index (χ4v) is 4.48. The van der Waals surface area contributed by atoms with E-state index in [1.54, 1.807) is 0 Å². The molecule has 0 radical (unpaired) electrons. The maximum absolute atomic E-state index is 12.8. The Balaban J connectivity index is 1.39. The molecule has 1 aliphatic carbocycles. The Bertz CT molecular complexity index is 800. The lowest BCUT2D eigenvalue weighted by atomic mass is 9.73. The van der Waals surface area contributed by atoms with Crippen LogP contribution in [0.5, 0.6) is 11.5 Å². The molecular weight excluding hydrogens is 360 g/mol. The number of benzene rings is 1. The van der Waals surface area contributed by atoms with Gasteiger partial charge in [0, 0.05) is 6.42 Å². The molecule has 0 bridgehead atoms. The number of carbonyl (C=O) groups is 3. The van der Waals surface area contributed by atoms with Gasteiger partial charge in [0.25, 0.3) is 0 Å². The Hall–Kier alpha value is -2.57. The number of amides is 3. The highest BCUT2D eigenvalue weighted by Gasteiger charge is 2.51. The van der Waals surface area contributed by atoms with Crippen molar-refractivity contribution in [2.24, 2.45) is 5.41 Å². The minimum absolute atomic E-state index is 0.167. The summed E-state index contributed by atoms with van der Waals surface area (Å²) in [6.07, 6.45) is 4.81. The van der Waals surface area contributed by atoms with Crippen LogP contribution in [0.15, 0.2) is 18.2 Å². The number of rotatable bonds is 4. The molecule has 2 aliphatic heterocycles. The summed E-state index contributed by atoms with van der Waals surface area (Å²) < 4.78 is 11.1. The number of hydrogen-bond donors (Lipinski definition) is 1. The van der Waals surface area contributed by atoms with E-state index in [9.17, 15) is 14.4 Å². The van der Waals surface area contributed by atoms with Crippen LogP contribution in [0.3, 0.4) is 0 Å². The fourth-order valence-electron chi connectivity index (χ4n) is 4.48. The zero-order chi connectivity index (χ0) is 19.7. The lowest BCUT2D eigenvalue weighted by Crippen LogP contribution is -2.43. The summed E-state index contributed by atoms with van der Waals surface area (Å²) in [5.74, 6) is 0.624. The molecule has 4 rings (SSSR count). The van der Waals surface area contributed by atoms with Gasteiger partial charge in [0.05, 0.1) is 11.5 Å². The van der Waals surface area contributed by atoms with Gasteiger partial charge >= 0.3 is 0 Å². The predicted octanol–water partition coefficient (Wildman–Crippen LogP) is 2.34.